The maximum absolute atomic E-state index is 6.25. The lowest BCUT2D eigenvalue weighted by molar-refractivity contribution is 0.351. The second-order valence-corrected chi connectivity index (χ2v) is 5.56. The SMILES string of the molecule is CCc1ccc(C(N)Cc2cc(Cl)cc3c2OCC3)o1. The highest BCUT2D eigenvalue weighted by Crippen LogP contribution is 2.35. The summed E-state index contributed by atoms with van der Waals surface area (Å²) in [5, 5.41) is 0.741. The number of hydrogen-bond donors (Lipinski definition) is 1. The molecule has 2 N–H and O–H groups in total. The highest BCUT2D eigenvalue weighted by atomic mass is 35.5. The third-order valence-electron chi connectivity index (χ3n) is 3.66. The first-order valence-corrected chi connectivity index (χ1v) is 7.33. The van der Waals surface area contributed by atoms with Crippen LogP contribution >= 0.6 is 11.6 Å². The van der Waals surface area contributed by atoms with Gasteiger partial charge in [0.1, 0.15) is 17.3 Å². The third-order valence-corrected chi connectivity index (χ3v) is 3.88. The standard InChI is InChI=1S/C16H18ClNO2/c1-2-13-3-4-15(20-13)14(18)9-11-8-12(17)7-10-5-6-19-16(10)11/h3-4,7-8,14H,2,5-6,9,18H2,1H3. The molecule has 1 unspecified atom stereocenters. The number of ether oxygens (including phenoxy) is 1. The molecule has 1 aliphatic rings. The summed E-state index contributed by atoms with van der Waals surface area (Å²) in [6.45, 7) is 2.78. The summed E-state index contributed by atoms with van der Waals surface area (Å²) in [4.78, 5) is 0. The molecule has 1 aromatic heterocycles. The van der Waals surface area contributed by atoms with Crippen molar-refractivity contribution in [3.8, 4) is 5.75 Å². The van der Waals surface area contributed by atoms with Gasteiger partial charge in [0.15, 0.2) is 0 Å². The van der Waals surface area contributed by atoms with Gasteiger partial charge in [-0.1, -0.05) is 18.5 Å². The molecule has 106 valence electrons. The third kappa shape index (κ3) is 2.56. The Morgan fingerprint density at radius 1 is 1.35 bits per heavy atom. The topological polar surface area (TPSA) is 48.4 Å². The van der Waals surface area contributed by atoms with Crippen molar-refractivity contribution in [2.24, 2.45) is 5.73 Å². The zero-order valence-corrected chi connectivity index (χ0v) is 12.2. The van der Waals surface area contributed by atoms with Crippen LogP contribution in [0, 0.1) is 0 Å². The molecule has 0 fully saturated rings. The number of nitrogens with two attached hydrogens (primary N) is 1. The van der Waals surface area contributed by atoms with E-state index in [-0.39, 0.29) is 6.04 Å². The van der Waals surface area contributed by atoms with Gasteiger partial charge in [-0.2, -0.15) is 0 Å². The fourth-order valence-electron chi connectivity index (χ4n) is 2.62. The number of halogens is 1. The molecule has 0 saturated heterocycles. The van der Waals surface area contributed by atoms with E-state index >= 15 is 0 Å². The first kappa shape index (κ1) is 13.5. The van der Waals surface area contributed by atoms with Crippen molar-refractivity contribution in [1.82, 2.24) is 0 Å². The Bertz CT molecular complexity index is 621. The lowest BCUT2D eigenvalue weighted by Gasteiger charge is -2.13. The van der Waals surface area contributed by atoms with Gasteiger partial charge in [-0.05, 0) is 41.8 Å². The van der Waals surface area contributed by atoms with Gasteiger partial charge in [0.25, 0.3) is 0 Å². The van der Waals surface area contributed by atoms with Gasteiger partial charge < -0.3 is 14.9 Å². The van der Waals surface area contributed by atoms with Crippen LogP contribution in [-0.4, -0.2) is 6.61 Å². The van der Waals surface area contributed by atoms with Crippen molar-refractivity contribution in [2.45, 2.75) is 32.2 Å². The number of hydrogen-bond acceptors (Lipinski definition) is 3. The highest BCUT2D eigenvalue weighted by Gasteiger charge is 2.20. The van der Waals surface area contributed by atoms with E-state index in [0.29, 0.717) is 6.42 Å². The smallest absolute Gasteiger partial charge is 0.125 e. The predicted octanol–water partition coefficient (Wildman–Crippen LogP) is 3.67. The molecule has 3 nitrogen and oxygen atoms in total. The normalized spacial score (nSPS) is 14.9. The molecule has 3 rings (SSSR count). The van der Waals surface area contributed by atoms with Crippen LogP contribution in [0.2, 0.25) is 5.02 Å². The average Bonchev–Trinajstić information content (AvgIpc) is 3.06. The van der Waals surface area contributed by atoms with Gasteiger partial charge >= 0.3 is 0 Å². The van der Waals surface area contributed by atoms with Crippen LogP contribution in [-0.2, 0) is 19.3 Å². The van der Waals surface area contributed by atoms with Crippen molar-refractivity contribution in [1.29, 1.82) is 0 Å². The van der Waals surface area contributed by atoms with Crippen molar-refractivity contribution < 1.29 is 9.15 Å². The lowest BCUT2D eigenvalue weighted by Crippen LogP contribution is -2.13. The molecule has 0 saturated carbocycles. The largest absolute Gasteiger partial charge is 0.493 e. The number of fused-ring (bicyclic) bond motifs is 1. The fourth-order valence-corrected chi connectivity index (χ4v) is 2.88. The minimum atomic E-state index is -0.179. The quantitative estimate of drug-likeness (QED) is 0.935. The summed E-state index contributed by atoms with van der Waals surface area (Å²) >= 11 is 6.16. The molecule has 2 aromatic rings. The first-order valence-electron chi connectivity index (χ1n) is 6.95. The lowest BCUT2D eigenvalue weighted by atomic mass is 10.0. The van der Waals surface area contributed by atoms with Gasteiger partial charge in [-0.3, -0.25) is 0 Å². The predicted molar refractivity (Wildman–Crippen MR) is 79.4 cm³/mol. The van der Waals surface area contributed by atoms with E-state index in [0.717, 1.165) is 47.3 Å². The monoisotopic (exact) mass is 291 g/mol. The maximum atomic E-state index is 6.25. The van der Waals surface area contributed by atoms with E-state index in [4.69, 9.17) is 26.5 Å². The molecule has 4 heteroatoms. The highest BCUT2D eigenvalue weighted by molar-refractivity contribution is 6.30. The summed E-state index contributed by atoms with van der Waals surface area (Å²) < 4.78 is 11.4. The van der Waals surface area contributed by atoms with Gasteiger partial charge in [-0.15, -0.1) is 0 Å². The Morgan fingerprint density at radius 3 is 2.95 bits per heavy atom. The van der Waals surface area contributed by atoms with Crippen LogP contribution in [0.4, 0.5) is 0 Å². The van der Waals surface area contributed by atoms with Crippen molar-refractivity contribution in [3.05, 3.63) is 51.9 Å². The molecule has 1 aliphatic heterocycles. The van der Waals surface area contributed by atoms with Crippen molar-refractivity contribution in [2.75, 3.05) is 6.61 Å². The Balaban J connectivity index is 1.84. The molecule has 1 aromatic carbocycles. The molecule has 20 heavy (non-hydrogen) atoms. The van der Waals surface area contributed by atoms with Gasteiger partial charge in [0, 0.05) is 17.9 Å². The van der Waals surface area contributed by atoms with E-state index in [1.807, 2.05) is 24.3 Å². The molecule has 0 radical (unpaired) electrons. The summed E-state index contributed by atoms with van der Waals surface area (Å²) in [5.41, 5.74) is 8.48. The summed E-state index contributed by atoms with van der Waals surface area (Å²) in [7, 11) is 0. The second kappa shape index (κ2) is 5.51. The van der Waals surface area contributed by atoms with E-state index in [9.17, 15) is 0 Å². The summed E-state index contributed by atoms with van der Waals surface area (Å²) in [6.07, 6.45) is 2.46. The van der Waals surface area contributed by atoms with Crippen LogP contribution in [0.25, 0.3) is 0 Å². The molecular formula is C16H18ClNO2. The van der Waals surface area contributed by atoms with Gasteiger partial charge in [0.2, 0.25) is 0 Å². The zero-order chi connectivity index (χ0) is 14.1. The Kier molecular flexibility index (Phi) is 3.72. The van der Waals surface area contributed by atoms with Crippen LogP contribution in [0.5, 0.6) is 5.75 Å². The first-order chi connectivity index (χ1) is 9.67. The maximum Gasteiger partial charge on any atom is 0.125 e. The second-order valence-electron chi connectivity index (χ2n) is 5.12. The molecule has 0 bridgehead atoms. The van der Waals surface area contributed by atoms with Crippen molar-refractivity contribution in [3.63, 3.8) is 0 Å². The summed E-state index contributed by atoms with van der Waals surface area (Å²) in [5.74, 6) is 2.73. The van der Waals surface area contributed by atoms with Crippen molar-refractivity contribution >= 4 is 11.6 Å². The van der Waals surface area contributed by atoms with E-state index in [1.165, 1.54) is 5.56 Å². The van der Waals surface area contributed by atoms with Gasteiger partial charge in [-0.25, -0.2) is 0 Å². The number of rotatable bonds is 4. The molecule has 0 spiro atoms. The summed E-state index contributed by atoms with van der Waals surface area (Å²) in [6, 6.07) is 7.67. The molecule has 0 amide bonds. The van der Waals surface area contributed by atoms with E-state index < -0.39 is 0 Å². The Labute approximate surface area is 123 Å². The van der Waals surface area contributed by atoms with Crippen LogP contribution in [0.15, 0.2) is 28.7 Å². The van der Waals surface area contributed by atoms with Crippen LogP contribution in [0.1, 0.15) is 35.6 Å². The number of benzene rings is 1. The van der Waals surface area contributed by atoms with Gasteiger partial charge in [0.05, 0.1) is 12.6 Å². The Morgan fingerprint density at radius 2 is 2.20 bits per heavy atom. The zero-order valence-electron chi connectivity index (χ0n) is 11.5. The Hall–Kier alpha value is -1.45. The van der Waals surface area contributed by atoms with Crippen LogP contribution in [0.3, 0.4) is 0 Å². The van der Waals surface area contributed by atoms with Crippen LogP contribution < -0.4 is 10.5 Å². The molecule has 0 aliphatic carbocycles. The molecular weight excluding hydrogens is 274 g/mol. The minimum absolute atomic E-state index is 0.179. The number of furan rings is 1. The molecule has 2 heterocycles. The number of aryl methyl sites for hydroxylation is 1. The van der Waals surface area contributed by atoms with E-state index in [1.54, 1.807) is 0 Å². The fraction of sp³-hybridized carbons (Fsp3) is 0.375. The molecule has 1 atom stereocenters. The minimum Gasteiger partial charge on any atom is -0.493 e. The van der Waals surface area contributed by atoms with E-state index in [2.05, 4.69) is 6.92 Å². The average molecular weight is 292 g/mol.